The van der Waals surface area contributed by atoms with Gasteiger partial charge in [-0.1, -0.05) is 30.3 Å². The highest BCUT2D eigenvalue weighted by Crippen LogP contribution is 2.30. The van der Waals surface area contributed by atoms with Gasteiger partial charge in [-0.05, 0) is 39.2 Å². The van der Waals surface area contributed by atoms with E-state index >= 15 is 0 Å². The Morgan fingerprint density at radius 2 is 1.82 bits per heavy atom. The first-order valence-corrected chi connectivity index (χ1v) is 11.0. The number of hydrogen-bond acceptors (Lipinski definition) is 6. The zero-order valence-corrected chi connectivity index (χ0v) is 19.1. The molecule has 0 saturated carbocycles. The maximum atomic E-state index is 12.8. The summed E-state index contributed by atoms with van der Waals surface area (Å²) in [6, 6.07) is 8.36. The van der Waals surface area contributed by atoms with Crippen LogP contribution in [0.3, 0.4) is 0 Å². The van der Waals surface area contributed by atoms with Crippen molar-refractivity contribution in [1.82, 2.24) is 26.1 Å². The molecule has 3 N–H and O–H groups in total. The second-order valence-electron chi connectivity index (χ2n) is 8.98. The van der Waals surface area contributed by atoms with Crippen LogP contribution >= 0.6 is 0 Å². The lowest BCUT2D eigenvalue weighted by Crippen LogP contribution is -2.54. The second kappa shape index (κ2) is 10.5. The van der Waals surface area contributed by atoms with Gasteiger partial charge in [-0.2, -0.15) is 5.06 Å². The Bertz CT molecular complexity index is 872. The van der Waals surface area contributed by atoms with Gasteiger partial charge in [-0.25, -0.2) is 9.59 Å². The van der Waals surface area contributed by atoms with E-state index in [0.717, 1.165) is 5.56 Å². The van der Waals surface area contributed by atoms with Crippen LogP contribution in [0.4, 0.5) is 9.59 Å². The second-order valence-corrected chi connectivity index (χ2v) is 8.98. The smallest absolute Gasteiger partial charge is 0.407 e. The van der Waals surface area contributed by atoms with E-state index in [0.29, 0.717) is 19.4 Å². The SMILES string of the molecule is CC(C)(C)OC(=O)NCCC(=O)NNC(=O)C1CCC2CN1C(=O)N2OCc1ccccc1. The van der Waals surface area contributed by atoms with Crippen LogP contribution in [0.5, 0.6) is 0 Å². The molecule has 2 fully saturated rings. The van der Waals surface area contributed by atoms with Gasteiger partial charge in [0.15, 0.2) is 0 Å². The lowest BCUT2D eigenvalue weighted by atomic mass is 10.0. The highest BCUT2D eigenvalue weighted by Gasteiger charge is 2.48. The molecule has 2 aliphatic heterocycles. The molecule has 0 aliphatic carbocycles. The van der Waals surface area contributed by atoms with E-state index in [9.17, 15) is 19.2 Å². The molecule has 1 aromatic carbocycles. The fourth-order valence-electron chi connectivity index (χ4n) is 3.66. The van der Waals surface area contributed by atoms with Gasteiger partial charge >= 0.3 is 12.1 Å². The third-order valence-electron chi connectivity index (χ3n) is 5.18. The van der Waals surface area contributed by atoms with Crippen molar-refractivity contribution in [2.75, 3.05) is 13.1 Å². The molecule has 180 valence electrons. The first-order chi connectivity index (χ1) is 15.6. The van der Waals surface area contributed by atoms with Gasteiger partial charge in [0, 0.05) is 19.5 Å². The molecular formula is C22H31N5O6. The molecule has 0 radical (unpaired) electrons. The molecule has 2 unspecified atom stereocenters. The van der Waals surface area contributed by atoms with Gasteiger partial charge in [-0.3, -0.25) is 25.3 Å². The molecular weight excluding hydrogens is 430 g/mol. The number of fused-ring (bicyclic) bond motifs is 2. The van der Waals surface area contributed by atoms with Crippen molar-refractivity contribution in [3.63, 3.8) is 0 Å². The summed E-state index contributed by atoms with van der Waals surface area (Å²) in [6.07, 6.45) is 0.408. The quantitative estimate of drug-likeness (QED) is 0.527. The minimum atomic E-state index is -0.695. The molecule has 2 saturated heterocycles. The highest BCUT2D eigenvalue weighted by atomic mass is 16.7. The van der Waals surface area contributed by atoms with Crippen LogP contribution in [-0.4, -0.2) is 64.7 Å². The number of carbonyl (C=O) groups excluding carboxylic acids is 4. The van der Waals surface area contributed by atoms with Crippen molar-refractivity contribution in [3.8, 4) is 0 Å². The number of benzene rings is 1. The molecule has 2 heterocycles. The number of nitrogens with one attached hydrogen (secondary N) is 3. The standard InChI is InChI=1S/C22H31N5O6/c1-22(2,3)33-20(30)23-12-11-18(28)24-25-19(29)17-10-9-16-13-26(17)21(31)27(16)32-14-15-7-5-4-6-8-15/h4-8,16-17H,9-14H2,1-3H3,(H,23,30)(H,24,28)(H,25,29). The Hall–Kier alpha value is -3.34. The van der Waals surface area contributed by atoms with Crippen molar-refractivity contribution in [1.29, 1.82) is 0 Å². The fraction of sp³-hybridized carbons (Fsp3) is 0.545. The van der Waals surface area contributed by atoms with Gasteiger partial charge in [0.05, 0.1) is 6.04 Å². The van der Waals surface area contributed by atoms with Crippen LogP contribution < -0.4 is 16.2 Å². The molecule has 0 aromatic heterocycles. The van der Waals surface area contributed by atoms with Gasteiger partial charge in [0.2, 0.25) is 5.91 Å². The Labute approximate surface area is 192 Å². The van der Waals surface area contributed by atoms with Crippen molar-refractivity contribution in [2.45, 2.75) is 64.3 Å². The number of hydroxylamine groups is 2. The predicted molar refractivity (Wildman–Crippen MR) is 117 cm³/mol. The lowest BCUT2D eigenvalue weighted by molar-refractivity contribution is -0.140. The van der Waals surface area contributed by atoms with Crippen molar-refractivity contribution < 1.29 is 28.8 Å². The Balaban J connectivity index is 1.40. The van der Waals surface area contributed by atoms with Crippen molar-refractivity contribution >= 4 is 23.9 Å². The van der Waals surface area contributed by atoms with E-state index in [1.54, 1.807) is 20.8 Å². The number of carbonyl (C=O) groups is 4. The number of hydrazine groups is 1. The van der Waals surface area contributed by atoms with Gasteiger partial charge in [0.25, 0.3) is 5.91 Å². The van der Waals surface area contributed by atoms with Crippen LogP contribution in [0.25, 0.3) is 0 Å². The minimum absolute atomic E-state index is 0.0456. The number of urea groups is 1. The van der Waals surface area contributed by atoms with Crippen LogP contribution in [0.2, 0.25) is 0 Å². The zero-order chi connectivity index (χ0) is 24.0. The largest absolute Gasteiger partial charge is 0.444 e. The molecule has 5 amide bonds. The predicted octanol–water partition coefficient (Wildman–Crippen LogP) is 1.45. The normalized spacial score (nSPS) is 19.8. The van der Waals surface area contributed by atoms with E-state index in [-0.39, 0.29) is 31.6 Å². The molecule has 0 spiro atoms. The third-order valence-corrected chi connectivity index (χ3v) is 5.18. The first kappa shape index (κ1) is 24.3. The topological polar surface area (TPSA) is 129 Å². The van der Waals surface area contributed by atoms with Crippen LogP contribution in [0.15, 0.2) is 30.3 Å². The van der Waals surface area contributed by atoms with E-state index in [2.05, 4.69) is 16.2 Å². The summed E-state index contributed by atoms with van der Waals surface area (Å²) < 4.78 is 5.08. The van der Waals surface area contributed by atoms with Gasteiger partial charge in [-0.15, -0.1) is 0 Å². The van der Waals surface area contributed by atoms with E-state index in [1.165, 1.54) is 9.96 Å². The molecule has 11 nitrogen and oxygen atoms in total. The van der Waals surface area contributed by atoms with Crippen LogP contribution in [0.1, 0.15) is 45.6 Å². The molecule has 2 atom stereocenters. The summed E-state index contributed by atoms with van der Waals surface area (Å²) in [4.78, 5) is 56.1. The van der Waals surface area contributed by atoms with E-state index in [1.807, 2.05) is 30.3 Å². The number of amides is 5. The van der Waals surface area contributed by atoms with Crippen molar-refractivity contribution in [2.24, 2.45) is 0 Å². The summed E-state index contributed by atoms with van der Waals surface area (Å²) in [5.41, 5.74) is 5.00. The van der Waals surface area contributed by atoms with E-state index < -0.39 is 29.6 Å². The number of nitrogens with zero attached hydrogens (tertiary/aromatic N) is 2. The Morgan fingerprint density at radius 1 is 1.09 bits per heavy atom. The monoisotopic (exact) mass is 461 g/mol. The summed E-state index contributed by atoms with van der Waals surface area (Å²) >= 11 is 0. The molecule has 3 rings (SSSR count). The van der Waals surface area contributed by atoms with E-state index in [4.69, 9.17) is 9.57 Å². The summed E-state index contributed by atoms with van der Waals surface area (Å²) in [7, 11) is 0. The molecule has 2 bridgehead atoms. The third kappa shape index (κ3) is 6.82. The number of alkyl carbamates (subject to hydrolysis) is 1. The summed E-state index contributed by atoms with van der Waals surface area (Å²) in [5.74, 6) is -0.950. The van der Waals surface area contributed by atoms with Crippen LogP contribution in [0, 0.1) is 0 Å². The molecule has 33 heavy (non-hydrogen) atoms. The Morgan fingerprint density at radius 3 is 2.52 bits per heavy atom. The zero-order valence-electron chi connectivity index (χ0n) is 19.1. The minimum Gasteiger partial charge on any atom is -0.444 e. The van der Waals surface area contributed by atoms with Gasteiger partial charge < -0.3 is 15.0 Å². The summed E-state index contributed by atoms with van der Waals surface area (Å²) in [5, 5.41) is 3.82. The van der Waals surface area contributed by atoms with Gasteiger partial charge in [0.1, 0.15) is 18.2 Å². The maximum Gasteiger partial charge on any atom is 0.407 e. The molecule has 1 aromatic rings. The lowest BCUT2D eigenvalue weighted by Gasteiger charge is -2.29. The average molecular weight is 462 g/mol. The van der Waals surface area contributed by atoms with Crippen molar-refractivity contribution in [3.05, 3.63) is 35.9 Å². The summed E-state index contributed by atoms with van der Waals surface area (Å²) in [6.45, 7) is 5.92. The average Bonchev–Trinajstić information content (AvgIpc) is 2.99. The van der Waals surface area contributed by atoms with Crippen LogP contribution in [-0.2, 0) is 25.8 Å². The fourth-order valence-corrected chi connectivity index (χ4v) is 3.66. The number of hydrogen-bond donors (Lipinski definition) is 3. The molecule has 2 aliphatic rings. The Kier molecular flexibility index (Phi) is 7.75. The number of piperidine rings is 1. The maximum absolute atomic E-state index is 12.8. The highest BCUT2D eigenvalue weighted by molar-refractivity contribution is 5.90. The number of rotatable bonds is 7. The first-order valence-electron chi connectivity index (χ1n) is 11.0. The molecule has 11 heteroatoms. The number of ether oxygens (including phenoxy) is 1.